The molecule has 108 valence electrons. The number of aryl methyl sites for hydroxylation is 1. The molecule has 1 saturated carbocycles. The quantitative estimate of drug-likeness (QED) is 0.917. The number of carbonyl (C=O) groups is 1. The highest BCUT2D eigenvalue weighted by Crippen LogP contribution is 2.40. The van der Waals surface area contributed by atoms with Gasteiger partial charge in [0, 0.05) is 6.54 Å². The number of benzene rings is 1. The van der Waals surface area contributed by atoms with E-state index in [0.717, 1.165) is 6.54 Å². The molecule has 1 atom stereocenters. The highest BCUT2D eigenvalue weighted by atomic mass is 16.2. The molecule has 3 nitrogen and oxygen atoms in total. The van der Waals surface area contributed by atoms with E-state index >= 15 is 0 Å². The predicted molar refractivity (Wildman–Crippen MR) is 80.2 cm³/mol. The molecule has 1 heterocycles. The third kappa shape index (κ3) is 2.59. The molecule has 3 rings (SSSR count). The van der Waals surface area contributed by atoms with Crippen molar-refractivity contribution in [3.05, 3.63) is 35.4 Å². The highest BCUT2D eigenvalue weighted by molar-refractivity contribution is 5.81. The number of amides is 1. The van der Waals surface area contributed by atoms with Gasteiger partial charge < -0.3 is 4.90 Å². The molecule has 2 aliphatic rings. The summed E-state index contributed by atoms with van der Waals surface area (Å²) in [5.74, 6) is 0.240. The summed E-state index contributed by atoms with van der Waals surface area (Å²) in [6, 6.07) is 8.47. The Labute approximate surface area is 121 Å². The van der Waals surface area contributed by atoms with Crippen molar-refractivity contribution in [3.8, 4) is 0 Å². The highest BCUT2D eigenvalue weighted by Gasteiger charge is 2.38. The first-order valence-electron chi connectivity index (χ1n) is 7.67. The molecular weight excluding hydrogens is 248 g/mol. The van der Waals surface area contributed by atoms with Crippen LogP contribution in [-0.2, 0) is 4.79 Å². The van der Waals surface area contributed by atoms with Gasteiger partial charge in [-0.1, -0.05) is 49.6 Å². The van der Waals surface area contributed by atoms with Crippen LogP contribution in [0.5, 0.6) is 0 Å². The molecule has 2 fully saturated rings. The summed E-state index contributed by atoms with van der Waals surface area (Å²) in [5, 5.41) is 3.37. The van der Waals surface area contributed by atoms with Crippen molar-refractivity contribution in [2.24, 2.45) is 5.41 Å². The van der Waals surface area contributed by atoms with Crippen LogP contribution in [0, 0.1) is 12.3 Å². The largest absolute Gasteiger partial charge is 0.321 e. The summed E-state index contributed by atoms with van der Waals surface area (Å²) >= 11 is 0. The maximum atomic E-state index is 12.2. The van der Waals surface area contributed by atoms with Gasteiger partial charge >= 0.3 is 0 Å². The average Bonchev–Trinajstić information content (AvgIpc) is 2.98. The molecule has 1 unspecified atom stereocenters. The lowest BCUT2D eigenvalue weighted by molar-refractivity contribution is -0.129. The lowest BCUT2D eigenvalue weighted by atomic mass is 9.88. The van der Waals surface area contributed by atoms with Gasteiger partial charge in [-0.25, -0.2) is 0 Å². The van der Waals surface area contributed by atoms with Crippen LogP contribution in [-0.4, -0.2) is 23.9 Å². The number of nitrogens with zero attached hydrogens (tertiary/aromatic N) is 1. The Balaban J connectivity index is 1.81. The van der Waals surface area contributed by atoms with Crippen molar-refractivity contribution >= 4 is 5.91 Å². The van der Waals surface area contributed by atoms with E-state index in [1.807, 2.05) is 0 Å². The van der Waals surface area contributed by atoms with Crippen LogP contribution in [0.1, 0.15) is 49.9 Å². The van der Waals surface area contributed by atoms with Crippen molar-refractivity contribution < 1.29 is 4.79 Å². The molecular formula is C17H24N2O. The number of nitrogens with one attached hydrogen (secondary N) is 1. The Kier molecular flexibility index (Phi) is 3.55. The topological polar surface area (TPSA) is 32.3 Å². The van der Waals surface area contributed by atoms with Gasteiger partial charge in [0.2, 0.25) is 5.91 Å². The Morgan fingerprint density at radius 3 is 2.80 bits per heavy atom. The third-order valence-electron chi connectivity index (χ3n) is 4.80. The van der Waals surface area contributed by atoms with Gasteiger partial charge in [0.05, 0.1) is 6.54 Å². The maximum absolute atomic E-state index is 12.2. The fraction of sp³-hybridized carbons (Fsp3) is 0.588. The lowest BCUT2D eigenvalue weighted by Gasteiger charge is -2.33. The Morgan fingerprint density at radius 2 is 2.10 bits per heavy atom. The minimum absolute atomic E-state index is 0.0554. The summed E-state index contributed by atoms with van der Waals surface area (Å²) in [6.07, 6.45) is 5.16. The molecule has 1 aromatic rings. The Hall–Kier alpha value is -1.35. The molecule has 1 N–H and O–H groups in total. The van der Waals surface area contributed by atoms with Gasteiger partial charge in [0.15, 0.2) is 0 Å². The van der Waals surface area contributed by atoms with Crippen LogP contribution in [0.15, 0.2) is 24.3 Å². The van der Waals surface area contributed by atoms with Gasteiger partial charge in [-0.2, -0.15) is 0 Å². The van der Waals surface area contributed by atoms with E-state index in [4.69, 9.17) is 0 Å². The zero-order valence-electron chi connectivity index (χ0n) is 12.5. The molecule has 1 amide bonds. The second kappa shape index (κ2) is 5.21. The van der Waals surface area contributed by atoms with Gasteiger partial charge in [-0.05, 0) is 30.7 Å². The van der Waals surface area contributed by atoms with E-state index in [-0.39, 0.29) is 12.1 Å². The zero-order valence-corrected chi connectivity index (χ0v) is 12.5. The summed E-state index contributed by atoms with van der Waals surface area (Å²) in [4.78, 5) is 14.3. The molecule has 1 aliphatic heterocycles. The van der Waals surface area contributed by atoms with Crippen LogP contribution in [0.25, 0.3) is 0 Å². The zero-order chi connectivity index (χ0) is 14.2. The Bertz CT molecular complexity index is 505. The molecule has 0 aromatic heterocycles. The smallest absolute Gasteiger partial charge is 0.238 e. The monoisotopic (exact) mass is 272 g/mol. The van der Waals surface area contributed by atoms with E-state index in [2.05, 4.69) is 48.3 Å². The minimum Gasteiger partial charge on any atom is -0.321 e. The van der Waals surface area contributed by atoms with Crippen molar-refractivity contribution in [3.63, 3.8) is 0 Å². The fourth-order valence-electron chi connectivity index (χ4n) is 3.66. The SMILES string of the molecule is Cc1cccc(C2NCC(=O)N2CC2(C)CCCC2)c1. The van der Waals surface area contributed by atoms with E-state index in [1.165, 1.54) is 36.8 Å². The van der Waals surface area contributed by atoms with E-state index in [1.54, 1.807) is 0 Å². The average molecular weight is 272 g/mol. The number of hydrogen-bond donors (Lipinski definition) is 1. The normalized spacial score (nSPS) is 25.4. The van der Waals surface area contributed by atoms with Crippen molar-refractivity contribution in [1.29, 1.82) is 0 Å². The van der Waals surface area contributed by atoms with Crippen LogP contribution in [0.2, 0.25) is 0 Å². The van der Waals surface area contributed by atoms with Gasteiger partial charge in [0.1, 0.15) is 6.17 Å². The molecule has 3 heteroatoms. The van der Waals surface area contributed by atoms with Gasteiger partial charge in [-0.15, -0.1) is 0 Å². The standard InChI is InChI=1S/C17H24N2O/c1-13-6-5-7-14(10-13)16-18-11-15(20)19(16)12-17(2)8-3-4-9-17/h5-7,10,16,18H,3-4,8-9,11-12H2,1-2H3. The molecule has 0 spiro atoms. The number of hydrogen-bond acceptors (Lipinski definition) is 2. The second-order valence-corrected chi connectivity index (χ2v) is 6.74. The predicted octanol–water partition coefficient (Wildman–Crippen LogP) is 3.01. The van der Waals surface area contributed by atoms with Gasteiger partial charge in [0.25, 0.3) is 0 Å². The summed E-state index contributed by atoms with van der Waals surface area (Å²) in [7, 11) is 0. The van der Waals surface area contributed by atoms with Crippen LogP contribution >= 0.6 is 0 Å². The maximum Gasteiger partial charge on any atom is 0.238 e. The summed E-state index contributed by atoms with van der Waals surface area (Å²) in [6.45, 7) is 5.79. The second-order valence-electron chi connectivity index (χ2n) is 6.74. The molecule has 20 heavy (non-hydrogen) atoms. The molecule has 0 radical (unpaired) electrons. The minimum atomic E-state index is 0.0554. The van der Waals surface area contributed by atoms with E-state index in [0.29, 0.717) is 12.0 Å². The lowest BCUT2D eigenvalue weighted by Crippen LogP contribution is -2.38. The van der Waals surface area contributed by atoms with Crippen LogP contribution in [0.4, 0.5) is 0 Å². The van der Waals surface area contributed by atoms with Crippen molar-refractivity contribution in [1.82, 2.24) is 10.2 Å². The first-order chi connectivity index (χ1) is 9.57. The van der Waals surface area contributed by atoms with E-state index < -0.39 is 0 Å². The number of rotatable bonds is 3. The van der Waals surface area contributed by atoms with Crippen molar-refractivity contribution in [2.75, 3.05) is 13.1 Å². The van der Waals surface area contributed by atoms with E-state index in [9.17, 15) is 4.79 Å². The van der Waals surface area contributed by atoms with Crippen LogP contribution < -0.4 is 5.32 Å². The third-order valence-corrected chi connectivity index (χ3v) is 4.80. The Morgan fingerprint density at radius 1 is 1.35 bits per heavy atom. The molecule has 1 saturated heterocycles. The first-order valence-corrected chi connectivity index (χ1v) is 7.67. The summed E-state index contributed by atoms with van der Waals surface area (Å²) in [5.41, 5.74) is 2.76. The molecule has 1 aliphatic carbocycles. The van der Waals surface area contributed by atoms with Crippen molar-refractivity contribution in [2.45, 2.75) is 45.7 Å². The van der Waals surface area contributed by atoms with Crippen LogP contribution in [0.3, 0.4) is 0 Å². The molecule has 0 bridgehead atoms. The van der Waals surface area contributed by atoms with Gasteiger partial charge in [-0.3, -0.25) is 10.1 Å². The molecule has 1 aromatic carbocycles. The first kappa shape index (κ1) is 13.6. The summed E-state index contributed by atoms with van der Waals surface area (Å²) < 4.78 is 0. The number of carbonyl (C=O) groups excluding carboxylic acids is 1. The fourth-order valence-corrected chi connectivity index (χ4v) is 3.66.